The van der Waals surface area contributed by atoms with Crippen LogP contribution in [-0.2, 0) is 9.53 Å². The van der Waals surface area contributed by atoms with E-state index in [2.05, 4.69) is 4.74 Å². The van der Waals surface area contributed by atoms with Gasteiger partial charge in [-0.1, -0.05) is 12.1 Å². The Balaban J connectivity index is 2.86. The molecule has 5 nitrogen and oxygen atoms in total. The first-order valence-electron chi connectivity index (χ1n) is 5.17. The Morgan fingerprint density at radius 2 is 2.17 bits per heavy atom. The number of hydrogen-bond donors (Lipinski definition) is 2. The molecule has 0 saturated carbocycles. The molecule has 0 bridgehead atoms. The van der Waals surface area contributed by atoms with E-state index in [9.17, 15) is 24.2 Å². The number of halogens is 1. The fourth-order valence-corrected chi connectivity index (χ4v) is 1.43. The molecule has 2 unspecified atom stereocenters. The minimum Gasteiger partial charge on any atom is -0.469 e. The first kappa shape index (κ1) is 14.3. The quantitative estimate of drug-likeness (QED) is 0.595. The van der Waals surface area contributed by atoms with Crippen LogP contribution in [0.15, 0.2) is 18.2 Å². The number of aldehydes is 1. The molecule has 0 aliphatic rings. The molecule has 1 aromatic carbocycles. The fourth-order valence-electron chi connectivity index (χ4n) is 1.43. The number of ether oxygens (including phenoxy) is 1. The number of rotatable bonds is 5. The van der Waals surface area contributed by atoms with Gasteiger partial charge in [-0.3, -0.25) is 9.59 Å². The lowest BCUT2D eigenvalue weighted by Gasteiger charge is -2.17. The first-order valence-corrected chi connectivity index (χ1v) is 5.17. The van der Waals surface area contributed by atoms with Crippen LogP contribution in [0.25, 0.3) is 0 Å². The van der Waals surface area contributed by atoms with Crippen molar-refractivity contribution in [3.8, 4) is 0 Å². The highest BCUT2D eigenvalue weighted by atomic mass is 19.1. The standard InChI is InChI=1S/C12H13FO5/c1-18-11(16)5-10(15)12(17)8-3-2-7(6-14)4-9(8)13/h2-4,6,10,12,15,17H,5H2,1H3. The number of aliphatic hydroxyl groups excluding tert-OH is 2. The van der Waals surface area contributed by atoms with Gasteiger partial charge in [-0.25, -0.2) is 4.39 Å². The van der Waals surface area contributed by atoms with Gasteiger partial charge in [0.1, 0.15) is 18.2 Å². The third-order valence-electron chi connectivity index (χ3n) is 2.45. The van der Waals surface area contributed by atoms with E-state index in [-0.39, 0.29) is 11.1 Å². The second kappa shape index (κ2) is 6.23. The van der Waals surface area contributed by atoms with Crippen molar-refractivity contribution in [1.29, 1.82) is 0 Å². The second-order valence-electron chi connectivity index (χ2n) is 3.69. The summed E-state index contributed by atoms with van der Waals surface area (Å²) in [6.45, 7) is 0. The SMILES string of the molecule is COC(=O)CC(O)C(O)c1ccc(C=O)cc1F. The van der Waals surface area contributed by atoms with Crippen LogP contribution in [0.1, 0.15) is 28.4 Å². The molecule has 0 fully saturated rings. The summed E-state index contributed by atoms with van der Waals surface area (Å²) < 4.78 is 17.8. The maximum absolute atomic E-state index is 13.5. The van der Waals surface area contributed by atoms with Gasteiger partial charge in [0.15, 0.2) is 0 Å². The maximum Gasteiger partial charge on any atom is 0.308 e. The molecule has 98 valence electrons. The lowest BCUT2D eigenvalue weighted by Crippen LogP contribution is -2.23. The van der Waals surface area contributed by atoms with Crippen LogP contribution < -0.4 is 0 Å². The summed E-state index contributed by atoms with van der Waals surface area (Å²) >= 11 is 0. The second-order valence-corrected chi connectivity index (χ2v) is 3.69. The zero-order valence-electron chi connectivity index (χ0n) is 9.67. The van der Waals surface area contributed by atoms with Crippen LogP contribution >= 0.6 is 0 Å². The van der Waals surface area contributed by atoms with E-state index >= 15 is 0 Å². The van der Waals surface area contributed by atoms with Crippen molar-refractivity contribution in [3.05, 3.63) is 35.1 Å². The van der Waals surface area contributed by atoms with Gasteiger partial charge in [0.05, 0.1) is 19.6 Å². The van der Waals surface area contributed by atoms with Crippen LogP contribution in [-0.4, -0.2) is 35.7 Å². The van der Waals surface area contributed by atoms with Crippen LogP contribution in [0.3, 0.4) is 0 Å². The molecule has 1 rings (SSSR count). The van der Waals surface area contributed by atoms with E-state index < -0.39 is 30.4 Å². The van der Waals surface area contributed by atoms with Gasteiger partial charge < -0.3 is 14.9 Å². The van der Waals surface area contributed by atoms with E-state index in [0.29, 0.717) is 6.29 Å². The number of aliphatic hydroxyl groups is 2. The highest BCUT2D eigenvalue weighted by Gasteiger charge is 2.24. The summed E-state index contributed by atoms with van der Waals surface area (Å²) in [5, 5.41) is 19.2. The highest BCUT2D eigenvalue weighted by molar-refractivity contribution is 5.74. The highest BCUT2D eigenvalue weighted by Crippen LogP contribution is 2.22. The summed E-state index contributed by atoms with van der Waals surface area (Å²) in [6, 6.07) is 3.43. The van der Waals surface area contributed by atoms with Gasteiger partial charge in [0.2, 0.25) is 0 Å². The topological polar surface area (TPSA) is 83.8 Å². The Morgan fingerprint density at radius 1 is 1.50 bits per heavy atom. The Morgan fingerprint density at radius 3 is 2.67 bits per heavy atom. The van der Waals surface area contributed by atoms with E-state index in [1.165, 1.54) is 12.1 Å². The molecule has 0 radical (unpaired) electrons. The molecule has 6 heteroatoms. The van der Waals surface area contributed by atoms with Gasteiger partial charge in [0.25, 0.3) is 0 Å². The van der Waals surface area contributed by atoms with Crippen molar-refractivity contribution in [1.82, 2.24) is 0 Å². The number of carbonyl (C=O) groups excluding carboxylic acids is 2. The number of methoxy groups -OCH3 is 1. The van der Waals surface area contributed by atoms with Crippen molar-refractivity contribution < 1.29 is 28.9 Å². The summed E-state index contributed by atoms with van der Waals surface area (Å²) in [5.41, 5.74) is -0.0667. The zero-order chi connectivity index (χ0) is 13.7. The van der Waals surface area contributed by atoms with Crippen LogP contribution in [0.4, 0.5) is 4.39 Å². The van der Waals surface area contributed by atoms with E-state index in [4.69, 9.17) is 0 Å². The predicted octanol–water partition coefficient (Wildman–Crippen LogP) is 0.596. The Bertz CT molecular complexity index is 446. The molecule has 0 heterocycles. The van der Waals surface area contributed by atoms with Crippen LogP contribution in [0.5, 0.6) is 0 Å². The van der Waals surface area contributed by atoms with Gasteiger partial charge in [-0.15, -0.1) is 0 Å². The van der Waals surface area contributed by atoms with Crippen LogP contribution in [0.2, 0.25) is 0 Å². The first-order chi connectivity index (χ1) is 8.49. The fraction of sp³-hybridized carbons (Fsp3) is 0.333. The van der Waals surface area contributed by atoms with Crippen molar-refractivity contribution in [3.63, 3.8) is 0 Å². The van der Waals surface area contributed by atoms with E-state index in [0.717, 1.165) is 13.2 Å². The minimum absolute atomic E-state index is 0.117. The van der Waals surface area contributed by atoms with Crippen LogP contribution in [0, 0.1) is 5.82 Å². The molecule has 2 N–H and O–H groups in total. The van der Waals surface area contributed by atoms with Gasteiger partial charge in [0, 0.05) is 11.1 Å². The Labute approximate surface area is 103 Å². The Hall–Kier alpha value is -1.79. The maximum atomic E-state index is 13.5. The summed E-state index contributed by atoms with van der Waals surface area (Å²) in [7, 11) is 1.14. The molecule has 0 spiro atoms. The molecule has 18 heavy (non-hydrogen) atoms. The molecule has 0 aromatic heterocycles. The van der Waals surface area contributed by atoms with Crippen molar-refractivity contribution in [2.45, 2.75) is 18.6 Å². The molecular formula is C12H13FO5. The number of benzene rings is 1. The van der Waals surface area contributed by atoms with Gasteiger partial charge in [-0.05, 0) is 6.07 Å². The normalized spacial score (nSPS) is 13.8. The number of carbonyl (C=O) groups is 2. The average Bonchev–Trinajstić information content (AvgIpc) is 2.37. The van der Waals surface area contributed by atoms with Crippen molar-refractivity contribution >= 4 is 12.3 Å². The minimum atomic E-state index is -1.56. The summed E-state index contributed by atoms with van der Waals surface area (Å²) in [4.78, 5) is 21.3. The monoisotopic (exact) mass is 256 g/mol. The Kier molecular flexibility index (Phi) is 4.94. The largest absolute Gasteiger partial charge is 0.469 e. The molecule has 0 amide bonds. The van der Waals surface area contributed by atoms with E-state index in [1.807, 2.05) is 0 Å². The average molecular weight is 256 g/mol. The summed E-state index contributed by atoms with van der Waals surface area (Å²) in [5.74, 6) is -1.54. The van der Waals surface area contributed by atoms with Crippen molar-refractivity contribution in [2.24, 2.45) is 0 Å². The van der Waals surface area contributed by atoms with E-state index in [1.54, 1.807) is 0 Å². The van der Waals surface area contributed by atoms with Gasteiger partial charge in [-0.2, -0.15) is 0 Å². The third-order valence-corrected chi connectivity index (χ3v) is 2.45. The zero-order valence-corrected chi connectivity index (χ0v) is 9.67. The van der Waals surface area contributed by atoms with Crippen molar-refractivity contribution in [2.75, 3.05) is 7.11 Å². The molecule has 0 aliphatic carbocycles. The molecular weight excluding hydrogens is 243 g/mol. The molecule has 2 atom stereocenters. The summed E-state index contributed by atoms with van der Waals surface area (Å²) in [6.07, 6.45) is -3.03. The lowest BCUT2D eigenvalue weighted by molar-refractivity contribution is -0.144. The molecule has 0 aliphatic heterocycles. The molecule has 1 aromatic rings. The smallest absolute Gasteiger partial charge is 0.308 e. The lowest BCUT2D eigenvalue weighted by atomic mass is 10.0. The number of hydrogen-bond acceptors (Lipinski definition) is 5. The predicted molar refractivity (Wildman–Crippen MR) is 59.4 cm³/mol. The third kappa shape index (κ3) is 3.35. The number of esters is 1. The van der Waals surface area contributed by atoms with Gasteiger partial charge >= 0.3 is 5.97 Å². The molecule has 0 saturated heterocycles.